The highest BCUT2D eigenvalue weighted by Gasteiger charge is 2.19. The molecule has 100 valence electrons. The Morgan fingerprint density at radius 1 is 1.33 bits per heavy atom. The first-order chi connectivity index (χ1) is 8.70. The van der Waals surface area contributed by atoms with E-state index in [1.165, 1.54) is 12.1 Å². The Hall–Kier alpha value is -1.04. The second-order valence-electron chi connectivity index (χ2n) is 4.56. The van der Waals surface area contributed by atoms with Gasteiger partial charge in [-0.15, -0.1) is 0 Å². The summed E-state index contributed by atoms with van der Waals surface area (Å²) in [6.07, 6.45) is 0. The minimum Gasteiger partial charge on any atom is -0.314 e. The molecule has 1 saturated heterocycles. The van der Waals surface area contributed by atoms with Gasteiger partial charge in [0.2, 0.25) is 0 Å². The van der Waals surface area contributed by atoms with Gasteiger partial charge >= 0.3 is 0 Å². The highest BCUT2D eigenvalue weighted by Crippen LogP contribution is 2.19. The summed E-state index contributed by atoms with van der Waals surface area (Å²) in [6, 6.07) is 3.66. The minimum absolute atomic E-state index is 0.108. The smallest absolute Gasteiger partial charge is 0.130 e. The lowest BCUT2D eigenvalue weighted by Crippen LogP contribution is -2.46. The van der Waals surface area contributed by atoms with E-state index < -0.39 is 11.6 Å². The van der Waals surface area contributed by atoms with Crippen LogP contribution >= 0.6 is 0 Å². The fraction of sp³-hybridized carbons (Fsp3) is 0.538. The molecule has 3 nitrogen and oxygen atoms in total. The van der Waals surface area contributed by atoms with Gasteiger partial charge in [-0.25, -0.2) is 8.78 Å². The third-order valence-corrected chi connectivity index (χ3v) is 3.34. The highest BCUT2D eigenvalue weighted by molar-refractivity contribution is 5.22. The molecule has 1 aromatic rings. The zero-order valence-electron chi connectivity index (χ0n) is 10.5. The van der Waals surface area contributed by atoms with E-state index in [2.05, 4.69) is 15.5 Å². The number of piperazine rings is 1. The Kier molecular flexibility index (Phi) is 4.63. The number of hydrogen-bond donors (Lipinski definition) is 2. The molecule has 1 unspecified atom stereocenters. The van der Waals surface area contributed by atoms with E-state index in [-0.39, 0.29) is 6.04 Å². The molecule has 0 amide bonds. The second kappa shape index (κ2) is 6.22. The molecule has 18 heavy (non-hydrogen) atoms. The summed E-state index contributed by atoms with van der Waals surface area (Å²) in [4.78, 5) is 2.28. The van der Waals surface area contributed by atoms with Gasteiger partial charge in [0.05, 0.1) is 0 Å². The molecule has 0 aromatic heterocycles. The number of likely N-dealkylation sites (N-methyl/N-ethyl adjacent to an activating group) is 1. The van der Waals surface area contributed by atoms with Crippen molar-refractivity contribution in [3.05, 3.63) is 35.4 Å². The molecule has 2 rings (SSSR count). The molecule has 1 aliphatic heterocycles. The fourth-order valence-electron chi connectivity index (χ4n) is 2.28. The summed E-state index contributed by atoms with van der Waals surface area (Å²) < 4.78 is 26.6. The normalized spacial score (nSPS) is 18.8. The van der Waals surface area contributed by atoms with Crippen LogP contribution in [0.5, 0.6) is 0 Å². The van der Waals surface area contributed by atoms with Gasteiger partial charge in [0.25, 0.3) is 0 Å². The zero-order valence-corrected chi connectivity index (χ0v) is 10.5. The zero-order chi connectivity index (χ0) is 13.0. The number of benzene rings is 1. The lowest BCUT2D eigenvalue weighted by atomic mass is 10.1. The van der Waals surface area contributed by atoms with Crippen molar-refractivity contribution in [2.45, 2.75) is 6.04 Å². The van der Waals surface area contributed by atoms with E-state index in [0.717, 1.165) is 38.8 Å². The maximum atomic E-state index is 13.7. The summed E-state index contributed by atoms with van der Waals surface area (Å²) in [5, 5.41) is 6.38. The second-order valence-corrected chi connectivity index (χ2v) is 4.56. The Morgan fingerprint density at radius 2 is 2.06 bits per heavy atom. The summed E-state index contributed by atoms with van der Waals surface area (Å²) in [6.45, 7) is 4.58. The number of rotatable bonds is 4. The van der Waals surface area contributed by atoms with E-state index in [1.807, 2.05) is 0 Å². The van der Waals surface area contributed by atoms with Crippen LogP contribution in [0.25, 0.3) is 0 Å². The van der Waals surface area contributed by atoms with Crippen LogP contribution in [0.1, 0.15) is 11.6 Å². The summed E-state index contributed by atoms with van der Waals surface area (Å²) >= 11 is 0. The largest absolute Gasteiger partial charge is 0.314 e. The van der Waals surface area contributed by atoms with Gasteiger partial charge in [0, 0.05) is 50.4 Å². The molecule has 0 bridgehead atoms. The van der Waals surface area contributed by atoms with E-state index in [0.29, 0.717) is 5.56 Å². The first-order valence-electron chi connectivity index (χ1n) is 6.26. The third-order valence-electron chi connectivity index (χ3n) is 3.34. The topological polar surface area (TPSA) is 27.3 Å². The molecule has 0 spiro atoms. The van der Waals surface area contributed by atoms with Gasteiger partial charge in [-0.2, -0.15) is 0 Å². The quantitative estimate of drug-likeness (QED) is 0.844. The van der Waals surface area contributed by atoms with Gasteiger partial charge in [-0.05, 0) is 13.1 Å². The van der Waals surface area contributed by atoms with Crippen molar-refractivity contribution < 1.29 is 8.78 Å². The van der Waals surface area contributed by atoms with Crippen molar-refractivity contribution >= 4 is 0 Å². The Labute approximate surface area is 106 Å². The van der Waals surface area contributed by atoms with Crippen LogP contribution in [0.2, 0.25) is 0 Å². The van der Waals surface area contributed by atoms with Gasteiger partial charge < -0.3 is 10.6 Å². The van der Waals surface area contributed by atoms with Crippen LogP contribution in [0.4, 0.5) is 8.78 Å². The van der Waals surface area contributed by atoms with Crippen molar-refractivity contribution in [1.82, 2.24) is 15.5 Å². The monoisotopic (exact) mass is 255 g/mol. The predicted octanol–water partition coefficient (Wildman–Crippen LogP) is 1.13. The maximum absolute atomic E-state index is 13.7. The molecule has 1 fully saturated rings. The van der Waals surface area contributed by atoms with Crippen LogP contribution < -0.4 is 10.6 Å². The average molecular weight is 255 g/mol. The van der Waals surface area contributed by atoms with Gasteiger partial charge in [-0.1, -0.05) is 6.07 Å². The molecule has 5 heteroatoms. The van der Waals surface area contributed by atoms with Crippen LogP contribution in [0, 0.1) is 11.6 Å². The van der Waals surface area contributed by atoms with Crippen LogP contribution in [0.3, 0.4) is 0 Å². The molecule has 1 aliphatic rings. The average Bonchev–Trinajstić information content (AvgIpc) is 2.38. The number of nitrogens with zero attached hydrogens (tertiary/aromatic N) is 1. The SMILES string of the molecule is CNC(CN1CCNCC1)c1ccc(F)cc1F. The van der Waals surface area contributed by atoms with Crippen LogP contribution in [-0.4, -0.2) is 44.7 Å². The van der Waals surface area contributed by atoms with Crippen molar-refractivity contribution in [3.63, 3.8) is 0 Å². The summed E-state index contributed by atoms with van der Waals surface area (Å²) in [7, 11) is 1.80. The standard InChI is InChI=1S/C13H19F2N3/c1-16-13(9-18-6-4-17-5-7-18)11-3-2-10(14)8-12(11)15/h2-3,8,13,16-17H,4-7,9H2,1H3. The van der Waals surface area contributed by atoms with Gasteiger partial charge in [0.15, 0.2) is 0 Å². The van der Waals surface area contributed by atoms with Crippen molar-refractivity contribution in [2.75, 3.05) is 39.8 Å². The van der Waals surface area contributed by atoms with Gasteiger partial charge in [-0.3, -0.25) is 4.90 Å². The minimum atomic E-state index is -0.534. The molecular weight excluding hydrogens is 236 g/mol. The van der Waals surface area contributed by atoms with E-state index >= 15 is 0 Å². The lowest BCUT2D eigenvalue weighted by Gasteiger charge is -2.31. The van der Waals surface area contributed by atoms with Gasteiger partial charge in [0.1, 0.15) is 11.6 Å². The number of nitrogens with one attached hydrogen (secondary N) is 2. The molecular formula is C13H19F2N3. The highest BCUT2D eigenvalue weighted by atomic mass is 19.1. The fourth-order valence-corrected chi connectivity index (χ4v) is 2.28. The summed E-state index contributed by atoms with van der Waals surface area (Å²) in [5.74, 6) is -1.02. The molecule has 0 aliphatic carbocycles. The molecule has 0 saturated carbocycles. The Balaban J connectivity index is 2.07. The summed E-state index contributed by atoms with van der Waals surface area (Å²) in [5.41, 5.74) is 0.525. The molecule has 1 heterocycles. The van der Waals surface area contributed by atoms with Crippen molar-refractivity contribution in [1.29, 1.82) is 0 Å². The molecule has 1 atom stereocenters. The molecule has 2 N–H and O–H groups in total. The predicted molar refractivity (Wildman–Crippen MR) is 67.5 cm³/mol. The molecule has 0 radical (unpaired) electrons. The van der Waals surface area contributed by atoms with E-state index in [4.69, 9.17) is 0 Å². The Bertz CT molecular complexity index is 392. The van der Waals surface area contributed by atoms with E-state index in [9.17, 15) is 8.78 Å². The maximum Gasteiger partial charge on any atom is 0.130 e. The first-order valence-corrected chi connectivity index (χ1v) is 6.26. The first kappa shape index (κ1) is 13.4. The number of hydrogen-bond acceptors (Lipinski definition) is 3. The Morgan fingerprint density at radius 3 is 2.67 bits per heavy atom. The molecule has 1 aromatic carbocycles. The van der Waals surface area contributed by atoms with Crippen molar-refractivity contribution in [2.24, 2.45) is 0 Å². The lowest BCUT2D eigenvalue weighted by molar-refractivity contribution is 0.217. The van der Waals surface area contributed by atoms with Crippen molar-refractivity contribution in [3.8, 4) is 0 Å². The number of halogens is 2. The van der Waals surface area contributed by atoms with Crippen LogP contribution in [0.15, 0.2) is 18.2 Å². The van der Waals surface area contributed by atoms with E-state index in [1.54, 1.807) is 7.05 Å². The van der Waals surface area contributed by atoms with Crippen LogP contribution in [-0.2, 0) is 0 Å². The third kappa shape index (κ3) is 3.25.